The molecule has 0 unspecified atom stereocenters. The SMILES string of the molecule is COc1ccc(OC)c(CCN=C(N)Nc2ccc3c(c2)CCC3)c1.I. The van der Waals surface area contributed by atoms with Gasteiger partial charge in [0, 0.05) is 12.2 Å². The van der Waals surface area contributed by atoms with Gasteiger partial charge in [0.1, 0.15) is 11.5 Å². The van der Waals surface area contributed by atoms with Gasteiger partial charge in [0.25, 0.3) is 0 Å². The van der Waals surface area contributed by atoms with Crippen molar-refractivity contribution in [3.8, 4) is 11.5 Å². The second kappa shape index (κ2) is 9.66. The van der Waals surface area contributed by atoms with E-state index in [0.717, 1.165) is 35.6 Å². The number of halogens is 1. The Morgan fingerprint density at radius 2 is 1.88 bits per heavy atom. The molecule has 26 heavy (non-hydrogen) atoms. The molecule has 0 radical (unpaired) electrons. The summed E-state index contributed by atoms with van der Waals surface area (Å²) >= 11 is 0. The van der Waals surface area contributed by atoms with E-state index in [9.17, 15) is 0 Å². The van der Waals surface area contributed by atoms with Crippen molar-refractivity contribution in [3.63, 3.8) is 0 Å². The van der Waals surface area contributed by atoms with Gasteiger partial charge in [0.15, 0.2) is 5.96 Å². The molecule has 140 valence electrons. The third kappa shape index (κ3) is 5.03. The molecule has 0 amide bonds. The molecule has 0 bridgehead atoms. The standard InChI is InChI=1S/C20H25N3O2.HI/c1-24-18-8-9-19(25-2)16(13-18)10-11-22-20(21)23-17-7-6-14-4-3-5-15(14)12-17;/h6-9,12-13H,3-5,10-11H2,1-2H3,(H3,21,22,23);1H. The number of ether oxygens (including phenoxy) is 2. The lowest BCUT2D eigenvalue weighted by Crippen LogP contribution is -2.23. The van der Waals surface area contributed by atoms with E-state index in [1.54, 1.807) is 14.2 Å². The molecule has 0 heterocycles. The Kier molecular flexibility index (Phi) is 7.56. The van der Waals surface area contributed by atoms with Crippen molar-refractivity contribution >= 4 is 35.6 Å². The Morgan fingerprint density at radius 1 is 1.08 bits per heavy atom. The maximum Gasteiger partial charge on any atom is 0.193 e. The van der Waals surface area contributed by atoms with E-state index in [0.29, 0.717) is 12.5 Å². The predicted octanol–water partition coefficient (Wildman–Crippen LogP) is 3.78. The molecule has 3 rings (SSSR count). The van der Waals surface area contributed by atoms with E-state index in [1.165, 1.54) is 24.0 Å². The molecular weight excluding hydrogens is 441 g/mol. The van der Waals surface area contributed by atoms with Gasteiger partial charge in [-0.2, -0.15) is 0 Å². The molecule has 2 aromatic carbocycles. The van der Waals surface area contributed by atoms with Crippen molar-refractivity contribution in [1.29, 1.82) is 0 Å². The molecule has 0 saturated carbocycles. The topological polar surface area (TPSA) is 68.9 Å². The molecule has 0 spiro atoms. The van der Waals surface area contributed by atoms with Gasteiger partial charge in [0.2, 0.25) is 0 Å². The number of nitrogens with zero attached hydrogens (tertiary/aromatic N) is 1. The van der Waals surface area contributed by atoms with Crippen LogP contribution >= 0.6 is 24.0 Å². The molecule has 3 N–H and O–H groups in total. The number of hydrogen-bond acceptors (Lipinski definition) is 3. The van der Waals surface area contributed by atoms with Gasteiger partial charge < -0.3 is 20.5 Å². The number of fused-ring (bicyclic) bond motifs is 1. The van der Waals surface area contributed by atoms with Crippen molar-refractivity contribution in [2.75, 3.05) is 26.1 Å². The number of hydrogen-bond donors (Lipinski definition) is 2. The fraction of sp³-hybridized carbons (Fsp3) is 0.350. The van der Waals surface area contributed by atoms with Gasteiger partial charge >= 0.3 is 0 Å². The predicted molar refractivity (Wildman–Crippen MR) is 117 cm³/mol. The Balaban J connectivity index is 0.00000243. The van der Waals surface area contributed by atoms with E-state index >= 15 is 0 Å². The minimum absolute atomic E-state index is 0. The first-order valence-electron chi connectivity index (χ1n) is 8.59. The second-order valence-corrected chi connectivity index (χ2v) is 6.16. The number of anilines is 1. The number of aryl methyl sites for hydroxylation is 2. The van der Waals surface area contributed by atoms with E-state index in [4.69, 9.17) is 15.2 Å². The Morgan fingerprint density at radius 3 is 2.65 bits per heavy atom. The van der Waals surface area contributed by atoms with Gasteiger partial charge in [-0.1, -0.05) is 6.07 Å². The molecule has 1 aliphatic carbocycles. The normalized spacial score (nSPS) is 12.9. The van der Waals surface area contributed by atoms with E-state index in [-0.39, 0.29) is 24.0 Å². The number of aliphatic imine (C=N–C) groups is 1. The monoisotopic (exact) mass is 467 g/mol. The summed E-state index contributed by atoms with van der Waals surface area (Å²) < 4.78 is 10.7. The lowest BCUT2D eigenvalue weighted by Gasteiger charge is -2.10. The van der Waals surface area contributed by atoms with Crippen LogP contribution in [0.4, 0.5) is 5.69 Å². The average Bonchev–Trinajstić information content (AvgIpc) is 3.09. The lowest BCUT2D eigenvalue weighted by atomic mass is 10.1. The molecule has 0 fully saturated rings. The first-order valence-corrected chi connectivity index (χ1v) is 8.59. The highest BCUT2D eigenvalue weighted by molar-refractivity contribution is 14.0. The molecule has 5 nitrogen and oxygen atoms in total. The third-order valence-corrected chi connectivity index (χ3v) is 4.52. The number of benzene rings is 2. The number of nitrogens with two attached hydrogens (primary N) is 1. The van der Waals surface area contributed by atoms with Gasteiger partial charge in [-0.05, 0) is 72.7 Å². The zero-order valence-corrected chi connectivity index (χ0v) is 17.6. The van der Waals surface area contributed by atoms with Crippen molar-refractivity contribution in [2.24, 2.45) is 10.7 Å². The molecular formula is C20H26IN3O2. The summed E-state index contributed by atoms with van der Waals surface area (Å²) in [5.41, 5.74) is 10.9. The van der Waals surface area contributed by atoms with E-state index in [1.807, 2.05) is 18.2 Å². The lowest BCUT2D eigenvalue weighted by molar-refractivity contribution is 0.399. The highest BCUT2D eigenvalue weighted by Crippen LogP contribution is 2.25. The van der Waals surface area contributed by atoms with Crippen LogP contribution in [0.1, 0.15) is 23.1 Å². The van der Waals surface area contributed by atoms with Crippen LogP contribution in [0.15, 0.2) is 41.4 Å². The summed E-state index contributed by atoms with van der Waals surface area (Å²) in [4.78, 5) is 4.43. The van der Waals surface area contributed by atoms with Crippen molar-refractivity contribution in [2.45, 2.75) is 25.7 Å². The number of nitrogens with one attached hydrogen (secondary N) is 1. The van der Waals surface area contributed by atoms with E-state index in [2.05, 4.69) is 28.5 Å². The van der Waals surface area contributed by atoms with Crippen LogP contribution in [0.3, 0.4) is 0 Å². The fourth-order valence-corrected chi connectivity index (χ4v) is 3.21. The maximum absolute atomic E-state index is 6.02. The highest BCUT2D eigenvalue weighted by atomic mass is 127. The Hall–Kier alpha value is -1.96. The van der Waals surface area contributed by atoms with Crippen LogP contribution in [0.5, 0.6) is 11.5 Å². The zero-order valence-electron chi connectivity index (χ0n) is 15.2. The second-order valence-electron chi connectivity index (χ2n) is 6.16. The van der Waals surface area contributed by atoms with Crippen molar-refractivity contribution in [1.82, 2.24) is 0 Å². The van der Waals surface area contributed by atoms with Gasteiger partial charge in [-0.25, -0.2) is 0 Å². The van der Waals surface area contributed by atoms with Crippen LogP contribution in [-0.4, -0.2) is 26.7 Å². The van der Waals surface area contributed by atoms with Crippen LogP contribution < -0.4 is 20.5 Å². The summed E-state index contributed by atoms with van der Waals surface area (Å²) in [7, 11) is 3.32. The fourth-order valence-electron chi connectivity index (χ4n) is 3.21. The quantitative estimate of drug-likeness (QED) is 0.386. The minimum atomic E-state index is 0. The largest absolute Gasteiger partial charge is 0.497 e. The van der Waals surface area contributed by atoms with E-state index < -0.39 is 0 Å². The molecule has 2 aromatic rings. The van der Waals surface area contributed by atoms with Gasteiger partial charge in [-0.3, -0.25) is 4.99 Å². The van der Waals surface area contributed by atoms with Gasteiger partial charge in [-0.15, -0.1) is 24.0 Å². The van der Waals surface area contributed by atoms with Crippen LogP contribution in [0.2, 0.25) is 0 Å². The van der Waals surface area contributed by atoms with Crippen LogP contribution in [-0.2, 0) is 19.3 Å². The number of guanidine groups is 1. The minimum Gasteiger partial charge on any atom is -0.497 e. The third-order valence-electron chi connectivity index (χ3n) is 4.52. The molecule has 0 atom stereocenters. The van der Waals surface area contributed by atoms with Gasteiger partial charge in [0.05, 0.1) is 14.2 Å². The molecule has 0 saturated heterocycles. The first-order chi connectivity index (χ1) is 12.2. The average molecular weight is 467 g/mol. The molecule has 1 aliphatic rings. The van der Waals surface area contributed by atoms with Crippen molar-refractivity contribution < 1.29 is 9.47 Å². The summed E-state index contributed by atoms with van der Waals surface area (Å²) in [6.07, 6.45) is 4.30. The Bertz CT molecular complexity index is 778. The van der Waals surface area contributed by atoms with Crippen LogP contribution in [0.25, 0.3) is 0 Å². The zero-order chi connectivity index (χ0) is 17.6. The number of methoxy groups -OCH3 is 2. The Labute approximate surface area is 172 Å². The smallest absolute Gasteiger partial charge is 0.193 e. The molecule has 0 aromatic heterocycles. The molecule has 0 aliphatic heterocycles. The van der Waals surface area contributed by atoms with Crippen LogP contribution in [0, 0.1) is 0 Å². The molecule has 6 heteroatoms. The maximum atomic E-state index is 6.02. The summed E-state index contributed by atoms with van der Waals surface area (Å²) in [6.45, 7) is 0.577. The van der Waals surface area contributed by atoms with Crippen molar-refractivity contribution in [3.05, 3.63) is 53.1 Å². The number of rotatable bonds is 6. The summed E-state index contributed by atoms with van der Waals surface area (Å²) in [6, 6.07) is 12.2. The summed E-state index contributed by atoms with van der Waals surface area (Å²) in [5.74, 6) is 2.07. The summed E-state index contributed by atoms with van der Waals surface area (Å²) in [5, 5.41) is 3.18. The highest BCUT2D eigenvalue weighted by Gasteiger charge is 2.11. The first kappa shape index (κ1) is 20.4.